The Labute approximate surface area is 214 Å². The Balaban J connectivity index is 1.91. The molecule has 3 unspecified atom stereocenters. The molecule has 0 aromatic rings. The van der Waals surface area contributed by atoms with E-state index in [1.807, 2.05) is 0 Å². The first-order chi connectivity index (χ1) is 17.8. The van der Waals surface area contributed by atoms with Crippen LogP contribution >= 0.6 is 7.82 Å². The molecule has 20 heteroatoms. The van der Waals surface area contributed by atoms with Crippen molar-refractivity contribution in [3.63, 3.8) is 0 Å². The summed E-state index contributed by atoms with van der Waals surface area (Å²) in [6, 6.07) is 0. The molecule has 3 heterocycles. The third-order valence-corrected chi connectivity index (χ3v) is 7.64. The lowest BCUT2D eigenvalue weighted by Crippen LogP contribution is -2.60. The first-order valence-electron chi connectivity index (χ1n) is 11.3. The molecule has 3 aliphatic rings. The fraction of sp³-hybridized carbons (Fsp3) is 1.00. The normalized spacial score (nSPS) is 49.9. The zero-order chi connectivity index (χ0) is 28.5. The van der Waals surface area contributed by atoms with Crippen LogP contribution in [0.4, 0.5) is 0 Å². The molecule has 0 aromatic heterocycles. The van der Waals surface area contributed by atoms with Crippen molar-refractivity contribution in [3.05, 3.63) is 0 Å². The van der Waals surface area contributed by atoms with Crippen LogP contribution in [0.2, 0.25) is 0 Å². The Morgan fingerprint density at radius 1 is 0.447 bits per heavy atom. The predicted octanol–water partition coefficient (Wildman–Crippen LogP) is -7.46. The summed E-state index contributed by atoms with van der Waals surface area (Å²) in [4.78, 5) is 0. The number of aliphatic hydroxyl groups is 12. The van der Waals surface area contributed by atoms with Crippen molar-refractivity contribution in [2.24, 2.45) is 0 Å². The number of phosphoric ester groups is 1. The lowest BCUT2D eigenvalue weighted by atomic mass is 9.99. The highest BCUT2D eigenvalue weighted by Crippen LogP contribution is 2.56. The summed E-state index contributed by atoms with van der Waals surface area (Å²) in [6.07, 6.45) is -29.5. The summed E-state index contributed by atoms with van der Waals surface area (Å²) in [5.41, 5.74) is 0. The van der Waals surface area contributed by atoms with Crippen molar-refractivity contribution >= 4 is 7.82 Å². The molecular weight excluding hydrogens is 551 g/mol. The number of ether oxygens (including phenoxy) is 3. The maximum Gasteiger partial charge on any atom is 0.482 e. The Morgan fingerprint density at radius 3 is 0.895 bits per heavy atom. The molecule has 0 amide bonds. The summed E-state index contributed by atoms with van der Waals surface area (Å²) in [5, 5.41) is 119. The van der Waals surface area contributed by atoms with Gasteiger partial charge in [-0.2, -0.15) is 0 Å². The van der Waals surface area contributed by atoms with Gasteiger partial charge in [-0.1, -0.05) is 0 Å². The van der Waals surface area contributed by atoms with E-state index in [-0.39, 0.29) is 0 Å². The van der Waals surface area contributed by atoms with Crippen LogP contribution in [0.25, 0.3) is 0 Å². The van der Waals surface area contributed by atoms with E-state index in [1.54, 1.807) is 0 Å². The zero-order valence-electron chi connectivity index (χ0n) is 19.5. The van der Waals surface area contributed by atoms with Gasteiger partial charge < -0.3 is 75.5 Å². The van der Waals surface area contributed by atoms with Crippen molar-refractivity contribution in [2.75, 3.05) is 19.8 Å². The fourth-order valence-electron chi connectivity index (χ4n) is 3.92. The summed E-state index contributed by atoms with van der Waals surface area (Å²) in [6.45, 7) is -2.76. The summed E-state index contributed by atoms with van der Waals surface area (Å²) < 4.78 is 44.2. The standard InChI is InChI=1S/C18H33O19P/c19-1-4-7(22)10(25)13(28)16(32-4)35-38(31,36-17-14(29)11(26)8(23)5(2-20)33-17)37-18-15(30)12(27)9(24)6(3-21)34-18/h4-30H,1-3H2/t4-,5-,6-,7-,8-,9-,10-,11-,12-,13+,14+,15+,16?,17?,18?,38?/m1/s1. The maximum atomic E-state index is 13.7. The molecule has 38 heavy (non-hydrogen) atoms. The highest BCUT2D eigenvalue weighted by molar-refractivity contribution is 7.48. The molecule has 0 radical (unpaired) electrons. The van der Waals surface area contributed by atoms with Crippen LogP contribution in [-0.2, 0) is 32.3 Å². The van der Waals surface area contributed by atoms with Crippen LogP contribution in [-0.4, -0.2) is 173 Å². The van der Waals surface area contributed by atoms with Crippen molar-refractivity contribution in [2.45, 2.75) is 92.1 Å². The molecule has 0 bridgehead atoms. The van der Waals surface area contributed by atoms with Gasteiger partial charge in [0.25, 0.3) is 0 Å². The Hall–Kier alpha value is -0.490. The van der Waals surface area contributed by atoms with Crippen LogP contribution in [0, 0.1) is 0 Å². The SMILES string of the molecule is O=P(OC1O[C@H](CO)[C@@H](O)[C@@H](O)[C@@H]1O)(OC1O[C@H](CO)[C@@H](O)[C@@H](O)[C@@H]1O)OC1O[C@H](CO)[C@@H](O)[C@@H](O)[C@@H]1O. The molecule has 3 aliphatic heterocycles. The Kier molecular flexibility index (Phi) is 11.0. The highest BCUT2D eigenvalue weighted by atomic mass is 31.2. The molecule has 19 nitrogen and oxygen atoms in total. The summed E-state index contributed by atoms with van der Waals surface area (Å²) in [5.74, 6) is 0. The van der Waals surface area contributed by atoms with Crippen LogP contribution < -0.4 is 0 Å². The van der Waals surface area contributed by atoms with Gasteiger partial charge in [-0.15, -0.1) is 0 Å². The molecule has 0 saturated carbocycles. The van der Waals surface area contributed by atoms with Gasteiger partial charge in [0, 0.05) is 0 Å². The van der Waals surface area contributed by atoms with Gasteiger partial charge in [-0.25, -0.2) is 4.57 Å². The van der Waals surface area contributed by atoms with Gasteiger partial charge in [-0.3, -0.25) is 13.6 Å². The van der Waals surface area contributed by atoms with E-state index in [0.717, 1.165) is 0 Å². The van der Waals surface area contributed by atoms with Crippen molar-refractivity contribution in [1.82, 2.24) is 0 Å². The van der Waals surface area contributed by atoms with Gasteiger partial charge in [0.2, 0.25) is 0 Å². The second-order valence-corrected chi connectivity index (χ2v) is 10.4. The molecule has 3 saturated heterocycles. The van der Waals surface area contributed by atoms with Crippen molar-refractivity contribution < 1.29 is 93.6 Å². The second kappa shape index (κ2) is 13.0. The number of hydrogen-bond acceptors (Lipinski definition) is 19. The first kappa shape index (κ1) is 32.0. The third kappa shape index (κ3) is 6.52. The predicted molar refractivity (Wildman–Crippen MR) is 112 cm³/mol. The minimum absolute atomic E-state index is 0.920. The van der Waals surface area contributed by atoms with E-state index in [1.165, 1.54) is 0 Å². The average molecular weight is 584 g/mol. The average Bonchev–Trinajstić information content (AvgIpc) is 2.89. The molecular formula is C18H33O19P. The molecule has 3 fully saturated rings. The van der Waals surface area contributed by atoms with E-state index in [0.29, 0.717) is 0 Å². The molecule has 0 aromatic carbocycles. The van der Waals surface area contributed by atoms with E-state index >= 15 is 0 Å². The van der Waals surface area contributed by atoms with Gasteiger partial charge in [0.1, 0.15) is 73.2 Å². The quantitative estimate of drug-likeness (QED) is 0.112. The molecule has 12 N–H and O–H groups in total. The van der Waals surface area contributed by atoms with Gasteiger partial charge in [-0.05, 0) is 0 Å². The summed E-state index contributed by atoms with van der Waals surface area (Å²) >= 11 is 0. The monoisotopic (exact) mass is 584 g/mol. The third-order valence-electron chi connectivity index (χ3n) is 6.24. The number of aliphatic hydroxyl groups excluding tert-OH is 12. The lowest BCUT2D eigenvalue weighted by Gasteiger charge is -2.44. The summed E-state index contributed by atoms with van der Waals surface area (Å²) in [7, 11) is -5.46. The van der Waals surface area contributed by atoms with E-state index < -0.39 is 120 Å². The molecule has 0 aliphatic carbocycles. The largest absolute Gasteiger partial charge is 0.482 e. The fourth-order valence-corrected chi connectivity index (χ4v) is 5.36. The van der Waals surface area contributed by atoms with Crippen LogP contribution in [0.1, 0.15) is 0 Å². The smallest absolute Gasteiger partial charge is 0.394 e. The maximum absolute atomic E-state index is 13.7. The number of hydrogen-bond donors (Lipinski definition) is 12. The van der Waals surface area contributed by atoms with Gasteiger partial charge in [0.15, 0.2) is 18.9 Å². The van der Waals surface area contributed by atoms with Gasteiger partial charge >= 0.3 is 7.82 Å². The minimum Gasteiger partial charge on any atom is -0.394 e. The Morgan fingerprint density at radius 2 is 0.684 bits per heavy atom. The van der Waals surface area contributed by atoms with E-state index in [9.17, 15) is 65.8 Å². The van der Waals surface area contributed by atoms with Gasteiger partial charge in [0.05, 0.1) is 19.8 Å². The molecule has 3 rings (SSSR count). The Bertz CT molecular complexity index is 700. The van der Waals surface area contributed by atoms with Crippen LogP contribution in [0.3, 0.4) is 0 Å². The van der Waals surface area contributed by atoms with E-state index in [4.69, 9.17) is 27.8 Å². The van der Waals surface area contributed by atoms with E-state index in [2.05, 4.69) is 0 Å². The molecule has 15 atom stereocenters. The highest BCUT2D eigenvalue weighted by Gasteiger charge is 2.54. The second-order valence-electron chi connectivity index (χ2n) is 8.86. The van der Waals surface area contributed by atoms with Crippen molar-refractivity contribution in [3.8, 4) is 0 Å². The molecule has 0 spiro atoms. The zero-order valence-corrected chi connectivity index (χ0v) is 20.3. The number of phosphoric acid groups is 1. The van der Waals surface area contributed by atoms with Crippen LogP contribution in [0.5, 0.6) is 0 Å². The number of rotatable bonds is 9. The minimum atomic E-state index is -5.46. The molecule has 224 valence electrons. The lowest BCUT2D eigenvalue weighted by molar-refractivity contribution is -0.311. The van der Waals surface area contributed by atoms with Crippen molar-refractivity contribution in [1.29, 1.82) is 0 Å². The first-order valence-corrected chi connectivity index (χ1v) is 12.8. The van der Waals surface area contributed by atoms with Crippen LogP contribution in [0.15, 0.2) is 0 Å². The topological polar surface area (TPSA) is 315 Å².